The third-order valence-electron chi connectivity index (χ3n) is 20.7. The lowest BCUT2D eigenvalue weighted by Crippen LogP contribution is -2.37. The maximum absolute atomic E-state index is 15.9. The molecule has 2 aliphatic rings. The Morgan fingerprint density at radius 2 is 0.793 bits per heavy atom. The molecule has 6 aromatic rings. The maximum Gasteiger partial charge on any atom is 0.260 e. The van der Waals surface area contributed by atoms with E-state index in [0.717, 1.165) is 55.5 Å². The summed E-state index contributed by atoms with van der Waals surface area (Å²) < 4.78 is 2.75. The van der Waals surface area contributed by atoms with E-state index in [1.807, 2.05) is 45.3 Å². The number of aliphatic hydroxyl groups is 1. The Labute approximate surface area is 578 Å². The summed E-state index contributed by atoms with van der Waals surface area (Å²) in [5.74, 6) is 1.09. The zero-order valence-corrected chi connectivity index (χ0v) is 63.4. The number of amides is 1. The average Bonchev–Trinajstić information content (AvgIpc) is 1.55. The predicted octanol–water partition coefficient (Wildman–Crippen LogP) is 26.3. The summed E-state index contributed by atoms with van der Waals surface area (Å²) in [4.78, 5) is 28.3. The minimum atomic E-state index is -0.774. The third-order valence-corrected chi connectivity index (χ3v) is 26.2. The highest BCUT2D eigenvalue weighted by Crippen LogP contribution is 2.47. The molecule has 4 aromatic heterocycles. The molecule has 0 fully saturated rings. The molecule has 510 valence electrons. The number of hydrogen-bond acceptors (Lipinski definition) is 7. The Kier molecular flexibility index (Phi) is 31.3. The Bertz CT molecular complexity index is 3210. The summed E-state index contributed by atoms with van der Waals surface area (Å²) in [5, 5.41) is 18.0. The summed E-state index contributed by atoms with van der Waals surface area (Å²) in [7, 11) is 0. The van der Waals surface area contributed by atoms with Crippen LogP contribution in [0.4, 0.5) is 11.4 Å². The molecule has 92 heavy (non-hydrogen) atoms. The highest BCUT2D eigenvalue weighted by atomic mass is 32.1. The SMILES string of the molecule is CCCCCCCCCCCCC(CCCCCCCCCC)CN1C(=O)C(c2ccc(C(C)(C)C)s2)=c2ccc3c4c(ccc3c21)=C(c1ccc(-c2cc3sc(C(C)(C)C)cc3s2)s1)C(O)N4CC(CCCCCCCCCC)CCCCCCCCCCCC. The minimum Gasteiger partial charge on any atom is -0.369 e. The van der Waals surface area contributed by atoms with Crippen molar-refractivity contribution in [2.75, 3.05) is 22.9 Å². The van der Waals surface area contributed by atoms with Crippen molar-refractivity contribution in [2.24, 2.45) is 11.8 Å². The fourth-order valence-electron chi connectivity index (χ4n) is 15.0. The Hall–Kier alpha value is -3.27. The van der Waals surface area contributed by atoms with Gasteiger partial charge in [0.25, 0.3) is 5.91 Å². The molecule has 0 bridgehead atoms. The van der Waals surface area contributed by atoms with E-state index in [4.69, 9.17) is 0 Å². The van der Waals surface area contributed by atoms with E-state index in [-0.39, 0.29) is 16.7 Å². The van der Waals surface area contributed by atoms with Crippen molar-refractivity contribution in [3.8, 4) is 9.75 Å². The maximum atomic E-state index is 15.9. The number of carbonyl (C=O) groups is 1. The van der Waals surface area contributed by atoms with Gasteiger partial charge in [0.05, 0.1) is 16.9 Å². The first kappa shape index (κ1) is 74.5. The van der Waals surface area contributed by atoms with Gasteiger partial charge in [-0.25, -0.2) is 0 Å². The summed E-state index contributed by atoms with van der Waals surface area (Å²) in [6.45, 7) is 24.7. The second-order valence-electron chi connectivity index (χ2n) is 30.7. The van der Waals surface area contributed by atoms with Crippen LogP contribution in [-0.4, -0.2) is 30.3 Å². The standard InChI is InChI=1S/C84H128N2O2S4/c1-11-15-19-23-27-31-33-37-41-45-49-63(47-43-39-35-29-25-21-17-13-3)61-85-79-65-52-54-68-78(71-57-58-75(91-71)83(5,6)7)82(88)86(62-64(48-44-40-36-30-26-22-18-14-4)50-46-42-38-34-32-28-24-20-16-12-2)80(68)66(65)51-53-67(79)77(81(85)87)70-56-55-69(89-70)72-59-73-74(90-72)60-76(92-73)84(8,9)10/h51-60,63-64,81,87H,11-50,61-62H2,1-10H3. The molecule has 0 radical (unpaired) electrons. The minimum absolute atomic E-state index is 0.00833. The molecule has 8 heteroatoms. The molecule has 1 N–H and O–H groups in total. The van der Waals surface area contributed by atoms with Crippen molar-refractivity contribution >= 4 is 93.9 Å². The van der Waals surface area contributed by atoms with Crippen LogP contribution in [0.15, 0.2) is 60.7 Å². The molecule has 0 saturated carbocycles. The first-order valence-electron chi connectivity index (χ1n) is 38.5. The Morgan fingerprint density at radius 1 is 0.391 bits per heavy atom. The molecule has 1 amide bonds. The van der Waals surface area contributed by atoms with Crippen molar-refractivity contribution in [1.29, 1.82) is 0 Å². The van der Waals surface area contributed by atoms with Crippen LogP contribution in [0.1, 0.15) is 346 Å². The molecule has 0 aliphatic carbocycles. The van der Waals surface area contributed by atoms with Crippen LogP contribution in [0.3, 0.4) is 0 Å². The van der Waals surface area contributed by atoms with Crippen LogP contribution < -0.4 is 20.2 Å². The van der Waals surface area contributed by atoms with E-state index >= 15 is 4.79 Å². The third kappa shape index (κ3) is 21.4. The molecule has 0 saturated heterocycles. The molecule has 2 aromatic carbocycles. The summed E-state index contributed by atoms with van der Waals surface area (Å²) in [6.07, 6.45) is 52.0. The van der Waals surface area contributed by atoms with Crippen molar-refractivity contribution in [3.05, 3.63) is 90.6 Å². The van der Waals surface area contributed by atoms with Crippen molar-refractivity contribution in [3.63, 3.8) is 0 Å². The topological polar surface area (TPSA) is 43.8 Å². The number of thiophene rings is 4. The summed E-state index contributed by atoms with van der Waals surface area (Å²) in [5.41, 5.74) is 4.33. The number of fused-ring (bicyclic) bond motifs is 6. The molecule has 3 unspecified atom stereocenters. The van der Waals surface area contributed by atoms with Crippen LogP contribution >= 0.6 is 45.3 Å². The highest BCUT2D eigenvalue weighted by molar-refractivity contribution is 7.31. The van der Waals surface area contributed by atoms with Crippen LogP contribution in [0.5, 0.6) is 0 Å². The lowest BCUT2D eigenvalue weighted by Gasteiger charge is -2.32. The number of anilines is 2. The van der Waals surface area contributed by atoms with Crippen molar-refractivity contribution < 1.29 is 9.90 Å². The normalized spacial score (nSPS) is 15.2. The molecular weight excluding hydrogens is 1200 g/mol. The monoisotopic (exact) mass is 1320 g/mol. The van der Waals surface area contributed by atoms with E-state index in [1.54, 1.807) is 0 Å². The number of hydrogen-bond donors (Lipinski definition) is 1. The van der Waals surface area contributed by atoms with E-state index < -0.39 is 6.23 Å². The second-order valence-corrected chi connectivity index (χ2v) is 35.1. The Morgan fingerprint density at radius 3 is 1.24 bits per heavy atom. The smallest absolute Gasteiger partial charge is 0.260 e. The molecule has 3 atom stereocenters. The highest BCUT2D eigenvalue weighted by Gasteiger charge is 2.38. The van der Waals surface area contributed by atoms with Crippen LogP contribution in [0.2, 0.25) is 0 Å². The quantitative estimate of drug-likeness (QED) is 0.0387. The van der Waals surface area contributed by atoms with Crippen LogP contribution in [-0.2, 0) is 15.6 Å². The van der Waals surface area contributed by atoms with Gasteiger partial charge in [-0.05, 0) is 84.7 Å². The average molecular weight is 1330 g/mol. The molecule has 0 spiro atoms. The molecule has 2 aliphatic heterocycles. The fraction of sp³-hybridized carbons (Fsp3) is 0.679. The summed E-state index contributed by atoms with van der Waals surface area (Å²) >= 11 is 7.53. The van der Waals surface area contributed by atoms with Crippen LogP contribution in [0.25, 0.3) is 41.1 Å². The van der Waals surface area contributed by atoms with Gasteiger partial charge in [0, 0.05) is 78.5 Å². The van der Waals surface area contributed by atoms with Gasteiger partial charge in [-0.3, -0.25) is 4.79 Å². The zero-order chi connectivity index (χ0) is 65.3. The zero-order valence-electron chi connectivity index (χ0n) is 60.1. The first-order chi connectivity index (χ1) is 44.7. The fourth-order valence-corrected chi connectivity index (χ4v) is 19.7. The predicted molar refractivity (Wildman–Crippen MR) is 413 cm³/mol. The number of rotatable bonds is 47. The first-order valence-corrected chi connectivity index (χ1v) is 41.8. The van der Waals surface area contributed by atoms with Crippen molar-refractivity contribution in [1.82, 2.24) is 0 Å². The van der Waals surface area contributed by atoms with Gasteiger partial charge in [-0.15, -0.1) is 45.3 Å². The number of benzene rings is 2. The van der Waals surface area contributed by atoms with Gasteiger partial charge < -0.3 is 14.9 Å². The number of unbranched alkanes of at least 4 members (excludes halogenated alkanes) is 32. The lowest BCUT2D eigenvalue weighted by molar-refractivity contribution is -0.113. The lowest BCUT2D eigenvalue weighted by atomic mass is 9.92. The molecule has 8 rings (SSSR count). The van der Waals surface area contributed by atoms with E-state index in [9.17, 15) is 5.11 Å². The summed E-state index contributed by atoms with van der Waals surface area (Å²) in [6, 6.07) is 23.4. The van der Waals surface area contributed by atoms with Gasteiger partial charge in [0.1, 0.15) is 0 Å². The van der Waals surface area contributed by atoms with E-state index in [0.29, 0.717) is 11.8 Å². The molecule has 4 nitrogen and oxygen atoms in total. The van der Waals surface area contributed by atoms with Crippen LogP contribution in [0, 0.1) is 11.8 Å². The largest absolute Gasteiger partial charge is 0.369 e. The van der Waals surface area contributed by atoms with Gasteiger partial charge >= 0.3 is 0 Å². The molecular formula is C84H128N2O2S4. The van der Waals surface area contributed by atoms with Crippen molar-refractivity contribution in [2.45, 2.75) is 343 Å². The van der Waals surface area contributed by atoms with Gasteiger partial charge in [-0.2, -0.15) is 0 Å². The Balaban J connectivity index is 1.17. The molecule has 6 heterocycles. The van der Waals surface area contributed by atoms with Gasteiger partial charge in [0.2, 0.25) is 0 Å². The van der Waals surface area contributed by atoms with Gasteiger partial charge in [0.15, 0.2) is 6.23 Å². The van der Waals surface area contributed by atoms with E-state index in [1.165, 1.54) is 297 Å². The number of carbonyl (C=O) groups excluding carboxylic acids is 1. The second kappa shape index (κ2) is 38.6. The van der Waals surface area contributed by atoms with Gasteiger partial charge in [-0.1, -0.05) is 325 Å². The van der Waals surface area contributed by atoms with E-state index in [2.05, 4.69) is 140 Å². The number of nitrogens with zero attached hydrogens (tertiary/aromatic N) is 2. The number of aliphatic hydroxyl groups excluding tert-OH is 1.